The molecule has 0 aliphatic carbocycles. The van der Waals surface area contributed by atoms with E-state index >= 15 is 0 Å². The number of sulfonamides is 1. The number of ether oxygens (including phenoxy) is 1. The summed E-state index contributed by atoms with van der Waals surface area (Å²) in [6.45, 7) is 8.72. The molecule has 2 aromatic rings. The third-order valence-corrected chi connectivity index (χ3v) is 7.30. The van der Waals surface area contributed by atoms with Crippen LogP contribution in [0.3, 0.4) is 0 Å². The van der Waals surface area contributed by atoms with Gasteiger partial charge in [0.1, 0.15) is 11.6 Å². The summed E-state index contributed by atoms with van der Waals surface area (Å²) in [6.07, 6.45) is 0. The van der Waals surface area contributed by atoms with Crippen LogP contribution in [0.4, 0.5) is 10.1 Å². The second-order valence-corrected chi connectivity index (χ2v) is 9.61. The minimum Gasteiger partial charge on any atom is -0.496 e. The highest BCUT2D eigenvalue weighted by molar-refractivity contribution is 7.89. The predicted molar refractivity (Wildman–Crippen MR) is 117 cm³/mol. The number of likely N-dealkylation sites (N-methyl/N-ethyl adjacent to an activating group) is 1. The zero-order valence-electron chi connectivity index (χ0n) is 18.2. The Bertz CT molecular complexity index is 1020. The number of anilines is 1. The van der Waals surface area contributed by atoms with Gasteiger partial charge in [0.15, 0.2) is 0 Å². The Morgan fingerprint density at radius 3 is 2.37 bits per heavy atom. The van der Waals surface area contributed by atoms with E-state index < -0.39 is 16.1 Å². The maximum atomic E-state index is 14.1. The Kier molecular flexibility index (Phi) is 6.69. The van der Waals surface area contributed by atoms with Crippen LogP contribution in [0.25, 0.3) is 0 Å². The minimum atomic E-state index is -3.81. The number of aryl methyl sites for hydroxylation is 2. The van der Waals surface area contributed by atoms with Crippen LogP contribution < -0.4 is 14.4 Å². The van der Waals surface area contributed by atoms with Crippen molar-refractivity contribution < 1.29 is 17.5 Å². The third kappa shape index (κ3) is 4.77. The molecule has 0 saturated carbocycles. The summed E-state index contributed by atoms with van der Waals surface area (Å²) in [5, 5.41) is 0. The van der Waals surface area contributed by atoms with Crippen molar-refractivity contribution in [1.29, 1.82) is 0 Å². The molecule has 0 bridgehead atoms. The van der Waals surface area contributed by atoms with Crippen LogP contribution in [-0.4, -0.2) is 53.7 Å². The smallest absolute Gasteiger partial charge is 0.241 e. The molecule has 30 heavy (non-hydrogen) atoms. The number of hydrogen-bond donors (Lipinski definition) is 1. The van der Waals surface area contributed by atoms with E-state index in [0.29, 0.717) is 16.9 Å². The van der Waals surface area contributed by atoms with Crippen LogP contribution in [0, 0.1) is 19.7 Å². The summed E-state index contributed by atoms with van der Waals surface area (Å²) in [7, 11) is -0.186. The minimum absolute atomic E-state index is 0.199. The highest BCUT2D eigenvalue weighted by atomic mass is 32.2. The fourth-order valence-corrected chi connectivity index (χ4v) is 5.37. The Labute approximate surface area is 178 Å². The molecular weight excluding hydrogens is 405 g/mol. The van der Waals surface area contributed by atoms with Crippen molar-refractivity contribution in [3.05, 3.63) is 52.8 Å². The zero-order valence-corrected chi connectivity index (χ0v) is 19.0. The lowest BCUT2D eigenvalue weighted by molar-refractivity contribution is 0.312. The van der Waals surface area contributed by atoms with Crippen molar-refractivity contribution in [2.24, 2.45) is 0 Å². The Balaban J connectivity index is 1.91. The molecule has 2 aromatic carbocycles. The molecule has 0 aromatic heterocycles. The summed E-state index contributed by atoms with van der Waals surface area (Å²) in [5.74, 6) is 0.257. The van der Waals surface area contributed by atoms with Gasteiger partial charge in [0.05, 0.1) is 12.0 Å². The molecule has 1 fully saturated rings. The van der Waals surface area contributed by atoms with Gasteiger partial charge < -0.3 is 14.5 Å². The van der Waals surface area contributed by atoms with Crippen molar-refractivity contribution in [2.45, 2.75) is 31.7 Å². The van der Waals surface area contributed by atoms with Gasteiger partial charge in [-0.15, -0.1) is 0 Å². The van der Waals surface area contributed by atoms with Crippen LogP contribution in [-0.2, 0) is 10.0 Å². The molecule has 6 nitrogen and oxygen atoms in total. The normalized spacial score (nSPS) is 16.5. The summed E-state index contributed by atoms with van der Waals surface area (Å²) in [6, 6.07) is 7.32. The topological polar surface area (TPSA) is 61.9 Å². The maximum Gasteiger partial charge on any atom is 0.241 e. The summed E-state index contributed by atoms with van der Waals surface area (Å²) >= 11 is 0. The fraction of sp³-hybridized carbons (Fsp3) is 0.455. The van der Waals surface area contributed by atoms with Gasteiger partial charge in [-0.25, -0.2) is 17.5 Å². The second-order valence-electron chi connectivity index (χ2n) is 7.92. The maximum absolute atomic E-state index is 14.1. The SMILES string of the molecule is COc1cc(C)c(S(=O)(=O)NC(C)c2cc(F)ccc2N2CCN(C)CC2)cc1C. The molecule has 0 amide bonds. The molecule has 1 unspecified atom stereocenters. The van der Waals surface area contributed by atoms with E-state index in [1.807, 2.05) is 0 Å². The molecule has 8 heteroatoms. The first-order chi connectivity index (χ1) is 14.1. The largest absolute Gasteiger partial charge is 0.496 e. The first-order valence-corrected chi connectivity index (χ1v) is 11.5. The van der Waals surface area contributed by atoms with Crippen LogP contribution in [0.5, 0.6) is 5.75 Å². The lowest BCUT2D eigenvalue weighted by Crippen LogP contribution is -2.45. The number of hydrogen-bond acceptors (Lipinski definition) is 5. The van der Waals surface area contributed by atoms with Gasteiger partial charge >= 0.3 is 0 Å². The van der Waals surface area contributed by atoms with Gasteiger partial charge in [-0.3, -0.25) is 0 Å². The van der Waals surface area contributed by atoms with Crippen molar-refractivity contribution >= 4 is 15.7 Å². The summed E-state index contributed by atoms with van der Waals surface area (Å²) < 4.78 is 48.4. The van der Waals surface area contributed by atoms with Gasteiger partial charge in [-0.1, -0.05) is 0 Å². The zero-order chi connectivity index (χ0) is 22.1. The first-order valence-electron chi connectivity index (χ1n) is 10.0. The molecule has 0 spiro atoms. The molecule has 1 heterocycles. The van der Waals surface area contributed by atoms with E-state index in [0.717, 1.165) is 37.4 Å². The van der Waals surface area contributed by atoms with E-state index in [9.17, 15) is 12.8 Å². The van der Waals surface area contributed by atoms with E-state index in [1.54, 1.807) is 46.1 Å². The van der Waals surface area contributed by atoms with E-state index in [2.05, 4.69) is 21.6 Å². The van der Waals surface area contributed by atoms with Crippen molar-refractivity contribution in [3.8, 4) is 5.75 Å². The van der Waals surface area contributed by atoms with Crippen LogP contribution in [0.1, 0.15) is 29.7 Å². The van der Waals surface area contributed by atoms with Crippen LogP contribution in [0.2, 0.25) is 0 Å². The number of nitrogens with one attached hydrogen (secondary N) is 1. The van der Waals surface area contributed by atoms with Crippen LogP contribution >= 0.6 is 0 Å². The molecule has 0 radical (unpaired) electrons. The number of methoxy groups -OCH3 is 1. The number of piperazine rings is 1. The average Bonchev–Trinajstić information content (AvgIpc) is 2.69. The molecular formula is C22H30FN3O3S. The molecule has 1 N–H and O–H groups in total. The molecule has 1 aliphatic rings. The highest BCUT2D eigenvalue weighted by Gasteiger charge is 2.25. The summed E-state index contributed by atoms with van der Waals surface area (Å²) in [4.78, 5) is 4.62. The lowest BCUT2D eigenvalue weighted by atomic mass is 10.0. The predicted octanol–water partition coefficient (Wildman–Crippen LogP) is 3.24. The van der Waals surface area contributed by atoms with Gasteiger partial charge in [0.2, 0.25) is 10.0 Å². The molecule has 1 saturated heterocycles. The molecule has 164 valence electrons. The number of nitrogens with zero attached hydrogens (tertiary/aromatic N) is 2. The highest BCUT2D eigenvalue weighted by Crippen LogP contribution is 2.31. The standard InChI is InChI=1S/C22H30FN3O3S/c1-15-13-22(16(2)12-21(15)29-5)30(27,28)24-17(3)19-14-18(23)6-7-20(19)26-10-8-25(4)9-11-26/h6-7,12-14,17,24H,8-11H2,1-5H3. The lowest BCUT2D eigenvalue weighted by Gasteiger charge is -2.36. The molecule has 1 aliphatic heterocycles. The first kappa shape index (κ1) is 22.5. The number of halogens is 1. The van der Waals surface area contributed by atoms with Gasteiger partial charge in [0, 0.05) is 37.9 Å². The Morgan fingerprint density at radius 2 is 1.73 bits per heavy atom. The molecule has 1 atom stereocenters. The van der Waals surface area contributed by atoms with E-state index in [4.69, 9.17) is 4.74 Å². The number of rotatable bonds is 6. The van der Waals surface area contributed by atoms with Crippen molar-refractivity contribution in [2.75, 3.05) is 45.2 Å². The Hall–Kier alpha value is -2.16. The van der Waals surface area contributed by atoms with Gasteiger partial charge in [-0.05, 0) is 74.8 Å². The molecule has 3 rings (SSSR count). The number of benzene rings is 2. The second kappa shape index (κ2) is 8.91. The van der Waals surface area contributed by atoms with E-state index in [-0.39, 0.29) is 10.7 Å². The van der Waals surface area contributed by atoms with Gasteiger partial charge in [-0.2, -0.15) is 0 Å². The third-order valence-electron chi connectivity index (χ3n) is 5.61. The van der Waals surface area contributed by atoms with Crippen LogP contribution in [0.15, 0.2) is 35.2 Å². The quantitative estimate of drug-likeness (QED) is 0.755. The monoisotopic (exact) mass is 435 g/mol. The van der Waals surface area contributed by atoms with E-state index in [1.165, 1.54) is 12.1 Å². The summed E-state index contributed by atoms with van der Waals surface area (Å²) in [5.41, 5.74) is 2.82. The van der Waals surface area contributed by atoms with Crippen molar-refractivity contribution in [3.63, 3.8) is 0 Å². The van der Waals surface area contributed by atoms with Crippen molar-refractivity contribution in [1.82, 2.24) is 9.62 Å². The fourth-order valence-electron chi connectivity index (χ4n) is 3.84. The Morgan fingerprint density at radius 1 is 1.07 bits per heavy atom. The average molecular weight is 436 g/mol. The van der Waals surface area contributed by atoms with Gasteiger partial charge in [0.25, 0.3) is 0 Å².